The Morgan fingerprint density at radius 1 is 1.29 bits per heavy atom. The lowest BCUT2D eigenvalue weighted by Crippen LogP contribution is -2.44. The first kappa shape index (κ1) is 16.6. The van der Waals surface area contributed by atoms with Crippen molar-refractivity contribution < 1.29 is 24.9 Å². The molecule has 1 aliphatic heterocycles. The summed E-state index contributed by atoms with van der Waals surface area (Å²) in [5.74, 6) is -3.58. The molecule has 2 heterocycles. The maximum Gasteiger partial charge on any atom is 0.312 e. The molecule has 1 aromatic heterocycles. The molecule has 2 atom stereocenters. The number of thiazole rings is 1. The van der Waals surface area contributed by atoms with Gasteiger partial charge in [-0.1, -0.05) is 29.5 Å². The number of hydrogen-bond acceptors (Lipinski definition) is 6. The largest absolute Gasteiger partial charge is 0.508 e. The summed E-state index contributed by atoms with van der Waals surface area (Å²) < 4.78 is 0. The molecule has 0 aliphatic carbocycles. The van der Waals surface area contributed by atoms with Gasteiger partial charge >= 0.3 is 16.8 Å². The Kier molecular flexibility index (Phi) is 4.14. The molecular formula is C15H13NO6S2. The highest BCUT2D eigenvalue weighted by Gasteiger charge is 2.53. The number of hydrogen-bond donors (Lipinski definition) is 4. The van der Waals surface area contributed by atoms with Gasteiger partial charge in [0.25, 0.3) is 0 Å². The normalized spacial score (nSPS) is 22.8. The number of phenolic OH excluding ortho intramolecular Hbond substituents is 1. The molecule has 4 N–H and O–H groups in total. The van der Waals surface area contributed by atoms with Crippen LogP contribution in [0, 0.1) is 5.41 Å². The first-order chi connectivity index (χ1) is 11.3. The van der Waals surface area contributed by atoms with E-state index in [1.54, 1.807) is 18.2 Å². The van der Waals surface area contributed by atoms with E-state index in [2.05, 4.69) is 4.98 Å². The summed E-state index contributed by atoms with van der Waals surface area (Å²) in [5, 5.41) is 29.9. The Balaban J connectivity index is 2.29. The zero-order valence-corrected chi connectivity index (χ0v) is 13.8. The average molecular weight is 367 g/mol. The quantitative estimate of drug-likeness (QED) is 0.650. The molecule has 0 amide bonds. The van der Waals surface area contributed by atoms with Gasteiger partial charge in [-0.15, -0.1) is 11.8 Å². The molecule has 9 heteroatoms. The lowest BCUT2D eigenvalue weighted by molar-refractivity contribution is -0.155. The van der Waals surface area contributed by atoms with E-state index in [-0.39, 0.29) is 16.4 Å². The minimum Gasteiger partial charge on any atom is -0.508 e. The Labute approximate surface area is 144 Å². The number of carbonyl (C=O) groups is 2. The molecule has 126 valence electrons. The molecule has 3 rings (SSSR count). The van der Waals surface area contributed by atoms with Crippen LogP contribution in [0.25, 0.3) is 0 Å². The van der Waals surface area contributed by atoms with Crippen molar-refractivity contribution in [3.63, 3.8) is 0 Å². The van der Waals surface area contributed by atoms with Crippen molar-refractivity contribution in [3.8, 4) is 5.75 Å². The molecule has 0 unspecified atom stereocenters. The first-order valence-electron chi connectivity index (χ1n) is 6.94. The number of fused-ring (bicyclic) bond motifs is 1. The molecular weight excluding hydrogens is 354 g/mol. The summed E-state index contributed by atoms with van der Waals surface area (Å²) in [4.78, 5) is 37.9. The van der Waals surface area contributed by atoms with Crippen molar-refractivity contribution in [3.05, 3.63) is 44.4 Å². The third kappa shape index (κ3) is 2.59. The number of nitrogens with one attached hydrogen (secondary N) is 1. The van der Waals surface area contributed by atoms with Crippen molar-refractivity contribution in [2.45, 2.75) is 17.4 Å². The van der Waals surface area contributed by atoms with E-state index in [9.17, 15) is 29.7 Å². The summed E-state index contributed by atoms with van der Waals surface area (Å²) in [7, 11) is 0. The molecule has 0 radical (unpaired) electrons. The van der Waals surface area contributed by atoms with E-state index in [1.807, 2.05) is 0 Å². The lowest BCUT2D eigenvalue weighted by atomic mass is 9.70. The highest BCUT2D eigenvalue weighted by Crippen LogP contribution is 2.55. The molecule has 0 saturated carbocycles. The first-order valence-corrected chi connectivity index (χ1v) is 8.74. The van der Waals surface area contributed by atoms with Crippen molar-refractivity contribution >= 4 is 35.0 Å². The monoisotopic (exact) mass is 367 g/mol. The molecule has 24 heavy (non-hydrogen) atoms. The summed E-state index contributed by atoms with van der Waals surface area (Å²) >= 11 is 1.97. The van der Waals surface area contributed by atoms with Crippen LogP contribution in [0.2, 0.25) is 0 Å². The van der Waals surface area contributed by atoms with E-state index < -0.39 is 29.7 Å². The maximum absolute atomic E-state index is 12.1. The van der Waals surface area contributed by atoms with Crippen molar-refractivity contribution in [2.24, 2.45) is 5.41 Å². The van der Waals surface area contributed by atoms with Crippen LogP contribution in [0.4, 0.5) is 0 Å². The predicted octanol–water partition coefficient (Wildman–Crippen LogP) is 1.93. The van der Waals surface area contributed by atoms with Gasteiger partial charge in [0.2, 0.25) is 0 Å². The number of aromatic hydroxyl groups is 1. The van der Waals surface area contributed by atoms with Gasteiger partial charge in [-0.2, -0.15) is 0 Å². The summed E-state index contributed by atoms with van der Waals surface area (Å²) in [6, 6.07) is 6.21. The molecule has 0 spiro atoms. The summed E-state index contributed by atoms with van der Waals surface area (Å²) in [6.45, 7) is 0. The van der Waals surface area contributed by atoms with Crippen molar-refractivity contribution in [2.75, 3.05) is 5.75 Å². The van der Waals surface area contributed by atoms with Crippen LogP contribution in [0.15, 0.2) is 34.1 Å². The fourth-order valence-corrected chi connectivity index (χ4v) is 5.57. The van der Waals surface area contributed by atoms with Gasteiger partial charge in [0, 0.05) is 22.1 Å². The zero-order chi connectivity index (χ0) is 17.5. The van der Waals surface area contributed by atoms with Crippen LogP contribution in [0.5, 0.6) is 5.75 Å². The molecule has 1 aromatic carbocycles. The maximum atomic E-state index is 12.1. The number of carboxylic acids is 2. The zero-order valence-electron chi connectivity index (χ0n) is 12.2. The standard InChI is InChI=1S/C15H13NO6S2/c17-8-4-2-1-3-7(8)10-11-12(16-14(22)24-11)23-6-15(10,13(20)21)5-9(18)19/h1-4,10,17H,5-6H2,(H,16,22)(H,18,19)(H,20,21)/t10-,15+/m1/s1. The lowest BCUT2D eigenvalue weighted by Gasteiger charge is -2.39. The Hall–Kier alpha value is -2.26. The topological polar surface area (TPSA) is 128 Å². The van der Waals surface area contributed by atoms with Gasteiger partial charge < -0.3 is 20.3 Å². The van der Waals surface area contributed by atoms with Gasteiger partial charge in [0.15, 0.2) is 0 Å². The molecule has 1 aliphatic rings. The van der Waals surface area contributed by atoms with Crippen LogP contribution in [-0.4, -0.2) is 38.0 Å². The van der Waals surface area contributed by atoms with Gasteiger partial charge in [-0.3, -0.25) is 14.4 Å². The number of para-hydroxylation sites is 1. The van der Waals surface area contributed by atoms with E-state index in [0.29, 0.717) is 15.5 Å². The van der Waals surface area contributed by atoms with Gasteiger partial charge in [-0.25, -0.2) is 0 Å². The second-order valence-corrected chi connectivity index (χ2v) is 7.52. The Morgan fingerprint density at radius 3 is 2.62 bits per heavy atom. The van der Waals surface area contributed by atoms with Crippen LogP contribution < -0.4 is 4.87 Å². The van der Waals surface area contributed by atoms with Gasteiger partial charge in [-0.05, 0) is 6.07 Å². The number of aliphatic carboxylic acids is 2. The molecule has 0 bridgehead atoms. The second kappa shape index (κ2) is 5.99. The highest BCUT2D eigenvalue weighted by atomic mass is 32.2. The second-order valence-electron chi connectivity index (χ2n) is 5.52. The minimum atomic E-state index is -1.66. The van der Waals surface area contributed by atoms with E-state index in [4.69, 9.17) is 0 Å². The number of aromatic amines is 1. The minimum absolute atomic E-state index is 0.0205. The fourth-order valence-electron chi connectivity index (χ4n) is 3.01. The van der Waals surface area contributed by atoms with E-state index in [1.165, 1.54) is 6.07 Å². The summed E-state index contributed by atoms with van der Waals surface area (Å²) in [6.07, 6.45) is -0.611. The number of rotatable bonds is 4. The molecule has 7 nitrogen and oxygen atoms in total. The molecule has 0 saturated heterocycles. The smallest absolute Gasteiger partial charge is 0.312 e. The van der Waals surface area contributed by atoms with E-state index >= 15 is 0 Å². The van der Waals surface area contributed by atoms with Crippen molar-refractivity contribution in [1.82, 2.24) is 4.98 Å². The Bertz CT molecular complexity index is 873. The van der Waals surface area contributed by atoms with Gasteiger partial charge in [0.1, 0.15) is 5.75 Å². The number of aromatic nitrogens is 1. The predicted molar refractivity (Wildman–Crippen MR) is 87.9 cm³/mol. The van der Waals surface area contributed by atoms with Crippen LogP contribution in [0.3, 0.4) is 0 Å². The molecule has 0 fully saturated rings. The van der Waals surface area contributed by atoms with Crippen LogP contribution in [0.1, 0.15) is 22.8 Å². The van der Waals surface area contributed by atoms with Gasteiger partial charge in [0.05, 0.1) is 16.9 Å². The number of phenols is 1. The number of benzene rings is 1. The third-order valence-corrected chi connectivity index (χ3v) is 6.42. The number of thioether (sulfide) groups is 1. The Morgan fingerprint density at radius 2 is 2.00 bits per heavy atom. The number of carboxylic acid groups (broad SMARTS) is 2. The van der Waals surface area contributed by atoms with Crippen LogP contribution in [-0.2, 0) is 9.59 Å². The van der Waals surface area contributed by atoms with Crippen LogP contribution >= 0.6 is 23.1 Å². The summed E-state index contributed by atoms with van der Waals surface area (Å²) in [5.41, 5.74) is -1.36. The molecule has 2 aromatic rings. The average Bonchev–Trinajstić information content (AvgIpc) is 2.87. The number of H-pyrrole nitrogens is 1. The SMILES string of the molecule is O=C(O)C[C@]1(C(=O)O)CSc2[nH]c(=O)sc2[C@H]1c1ccccc1O. The highest BCUT2D eigenvalue weighted by molar-refractivity contribution is 7.99. The van der Waals surface area contributed by atoms with E-state index in [0.717, 1.165) is 23.1 Å². The van der Waals surface area contributed by atoms with Crippen molar-refractivity contribution in [1.29, 1.82) is 0 Å². The third-order valence-electron chi connectivity index (χ3n) is 4.07. The fraction of sp³-hybridized carbons (Fsp3) is 0.267.